The van der Waals surface area contributed by atoms with Crippen LogP contribution >= 0.6 is 0 Å². The number of carbonyl (C=O) groups excluding carboxylic acids is 1. The van der Waals surface area contributed by atoms with Gasteiger partial charge in [0.05, 0.1) is 13.2 Å². The molecule has 4 nitrogen and oxygen atoms in total. The summed E-state index contributed by atoms with van der Waals surface area (Å²) in [4.78, 5) is 13.3. The number of hydrogen-bond acceptors (Lipinski definition) is 3. The van der Waals surface area contributed by atoms with Crippen molar-refractivity contribution in [2.24, 2.45) is 5.92 Å². The normalized spacial score (nSPS) is 15.3. The lowest BCUT2D eigenvalue weighted by atomic mass is 10.4. The molecule has 0 saturated heterocycles. The zero-order valence-corrected chi connectivity index (χ0v) is 9.79. The molecular weight excluding hydrogens is 192 g/mol. The molecule has 0 unspecified atom stereocenters. The highest BCUT2D eigenvalue weighted by Gasteiger charge is 2.20. The summed E-state index contributed by atoms with van der Waals surface area (Å²) in [6, 6.07) is 0. The maximum absolute atomic E-state index is 11.5. The van der Waals surface area contributed by atoms with E-state index in [1.165, 1.54) is 12.8 Å². The van der Waals surface area contributed by atoms with Gasteiger partial charge >= 0.3 is 0 Å². The number of hydrogen-bond donors (Lipinski definition) is 1. The van der Waals surface area contributed by atoms with E-state index in [1.54, 1.807) is 4.90 Å². The lowest BCUT2D eigenvalue weighted by molar-refractivity contribution is -0.129. The van der Waals surface area contributed by atoms with Crippen molar-refractivity contribution in [2.75, 3.05) is 39.9 Å². The molecule has 1 aliphatic rings. The molecule has 0 aromatic carbocycles. The predicted octanol–water partition coefficient (Wildman–Crippen LogP) is 0.481. The first-order valence-corrected chi connectivity index (χ1v) is 5.76. The van der Waals surface area contributed by atoms with Crippen LogP contribution in [0.1, 0.15) is 19.8 Å². The molecule has 1 N–H and O–H groups in total. The average Bonchev–Trinajstić information content (AvgIpc) is 3.02. The summed E-state index contributed by atoms with van der Waals surface area (Å²) in [5.41, 5.74) is 0. The van der Waals surface area contributed by atoms with Crippen LogP contribution < -0.4 is 5.32 Å². The quantitative estimate of drug-likeness (QED) is 0.598. The van der Waals surface area contributed by atoms with Crippen LogP contribution in [0.15, 0.2) is 0 Å². The summed E-state index contributed by atoms with van der Waals surface area (Å²) in [6.07, 6.45) is 2.64. The Labute approximate surface area is 92.0 Å². The van der Waals surface area contributed by atoms with Crippen molar-refractivity contribution in [1.82, 2.24) is 10.2 Å². The number of nitrogens with zero attached hydrogens (tertiary/aromatic N) is 1. The minimum absolute atomic E-state index is 0.148. The number of amides is 1. The number of rotatable bonds is 8. The molecule has 0 aliphatic heterocycles. The van der Waals surface area contributed by atoms with Gasteiger partial charge in [-0.1, -0.05) is 0 Å². The standard InChI is InChI=1S/C11H22N2O2/c1-3-15-7-6-13(2)11(14)9-12-8-10-4-5-10/h10,12H,3-9H2,1-2H3. The molecule has 1 amide bonds. The second-order valence-corrected chi connectivity index (χ2v) is 4.09. The highest BCUT2D eigenvalue weighted by atomic mass is 16.5. The van der Waals surface area contributed by atoms with Gasteiger partial charge in [-0.25, -0.2) is 0 Å². The highest BCUT2D eigenvalue weighted by molar-refractivity contribution is 5.77. The van der Waals surface area contributed by atoms with E-state index in [2.05, 4.69) is 5.32 Å². The molecule has 4 heteroatoms. The molecule has 0 bridgehead atoms. The molecule has 88 valence electrons. The van der Waals surface area contributed by atoms with Gasteiger partial charge in [-0.05, 0) is 32.2 Å². The molecule has 0 heterocycles. The van der Waals surface area contributed by atoms with Gasteiger partial charge in [0.25, 0.3) is 0 Å². The largest absolute Gasteiger partial charge is 0.380 e. The van der Waals surface area contributed by atoms with Gasteiger partial charge < -0.3 is 15.0 Å². The van der Waals surface area contributed by atoms with Crippen molar-refractivity contribution in [2.45, 2.75) is 19.8 Å². The Morgan fingerprint density at radius 1 is 1.53 bits per heavy atom. The maximum Gasteiger partial charge on any atom is 0.236 e. The van der Waals surface area contributed by atoms with E-state index in [0.717, 1.165) is 12.5 Å². The second kappa shape index (κ2) is 6.80. The Balaban J connectivity index is 1.98. The van der Waals surface area contributed by atoms with E-state index in [4.69, 9.17) is 4.74 Å². The van der Waals surface area contributed by atoms with Crippen molar-refractivity contribution in [1.29, 1.82) is 0 Å². The van der Waals surface area contributed by atoms with Crippen molar-refractivity contribution in [3.63, 3.8) is 0 Å². The molecule has 1 saturated carbocycles. The van der Waals surface area contributed by atoms with Crippen LogP contribution in [0.4, 0.5) is 0 Å². The Morgan fingerprint density at radius 3 is 2.87 bits per heavy atom. The molecule has 0 radical (unpaired) electrons. The van der Waals surface area contributed by atoms with E-state index in [9.17, 15) is 4.79 Å². The molecular formula is C11H22N2O2. The number of nitrogens with one attached hydrogen (secondary N) is 1. The van der Waals surface area contributed by atoms with Crippen LogP contribution in [0.3, 0.4) is 0 Å². The van der Waals surface area contributed by atoms with E-state index in [-0.39, 0.29) is 5.91 Å². The summed E-state index contributed by atoms with van der Waals surface area (Å²) >= 11 is 0. The van der Waals surface area contributed by atoms with Crippen LogP contribution in [-0.2, 0) is 9.53 Å². The maximum atomic E-state index is 11.5. The third kappa shape index (κ3) is 5.74. The van der Waals surface area contributed by atoms with Gasteiger partial charge in [0.1, 0.15) is 0 Å². The fourth-order valence-electron chi connectivity index (χ4n) is 1.31. The van der Waals surface area contributed by atoms with Crippen LogP contribution in [0.2, 0.25) is 0 Å². The van der Waals surface area contributed by atoms with Crippen molar-refractivity contribution in [3.05, 3.63) is 0 Å². The first-order chi connectivity index (χ1) is 7.24. The number of ether oxygens (including phenoxy) is 1. The third-order valence-corrected chi connectivity index (χ3v) is 2.61. The summed E-state index contributed by atoms with van der Waals surface area (Å²) in [5.74, 6) is 0.974. The SMILES string of the molecule is CCOCCN(C)C(=O)CNCC1CC1. The summed E-state index contributed by atoms with van der Waals surface area (Å²) < 4.78 is 5.19. The second-order valence-electron chi connectivity index (χ2n) is 4.09. The van der Waals surface area contributed by atoms with Gasteiger partial charge in [-0.3, -0.25) is 4.79 Å². The molecule has 1 rings (SSSR count). The summed E-state index contributed by atoms with van der Waals surface area (Å²) in [6.45, 7) is 5.42. The van der Waals surface area contributed by atoms with Crippen LogP contribution in [0.5, 0.6) is 0 Å². The van der Waals surface area contributed by atoms with Gasteiger partial charge in [0.2, 0.25) is 5.91 Å². The first-order valence-electron chi connectivity index (χ1n) is 5.76. The fourth-order valence-corrected chi connectivity index (χ4v) is 1.31. The third-order valence-electron chi connectivity index (χ3n) is 2.61. The predicted molar refractivity (Wildman–Crippen MR) is 59.7 cm³/mol. The van der Waals surface area contributed by atoms with Crippen LogP contribution in [0.25, 0.3) is 0 Å². The van der Waals surface area contributed by atoms with Gasteiger partial charge in [-0.15, -0.1) is 0 Å². The van der Waals surface area contributed by atoms with E-state index in [1.807, 2.05) is 14.0 Å². The summed E-state index contributed by atoms with van der Waals surface area (Å²) in [7, 11) is 1.82. The Hall–Kier alpha value is -0.610. The molecule has 0 atom stereocenters. The fraction of sp³-hybridized carbons (Fsp3) is 0.909. The van der Waals surface area contributed by atoms with E-state index >= 15 is 0 Å². The van der Waals surface area contributed by atoms with Gasteiger partial charge in [-0.2, -0.15) is 0 Å². The Morgan fingerprint density at radius 2 is 2.27 bits per heavy atom. The van der Waals surface area contributed by atoms with Crippen molar-refractivity contribution >= 4 is 5.91 Å². The Kier molecular flexibility index (Phi) is 5.65. The lowest BCUT2D eigenvalue weighted by Crippen LogP contribution is -2.37. The Bertz CT molecular complexity index is 193. The van der Waals surface area contributed by atoms with E-state index in [0.29, 0.717) is 26.3 Å². The zero-order valence-electron chi connectivity index (χ0n) is 9.79. The highest BCUT2D eigenvalue weighted by Crippen LogP contribution is 2.27. The first kappa shape index (κ1) is 12.5. The molecule has 1 aliphatic carbocycles. The van der Waals surface area contributed by atoms with Gasteiger partial charge in [0, 0.05) is 20.2 Å². The lowest BCUT2D eigenvalue weighted by Gasteiger charge is -2.17. The zero-order chi connectivity index (χ0) is 11.1. The number of likely N-dealkylation sites (N-methyl/N-ethyl adjacent to an activating group) is 1. The number of carbonyl (C=O) groups is 1. The molecule has 0 aromatic rings. The van der Waals surface area contributed by atoms with Crippen molar-refractivity contribution in [3.8, 4) is 0 Å². The summed E-state index contributed by atoms with van der Waals surface area (Å²) in [5, 5.41) is 3.19. The van der Waals surface area contributed by atoms with Crippen LogP contribution in [0, 0.1) is 5.92 Å². The molecule has 0 spiro atoms. The molecule has 1 fully saturated rings. The minimum atomic E-state index is 0.148. The molecule has 15 heavy (non-hydrogen) atoms. The van der Waals surface area contributed by atoms with Crippen LogP contribution in [-0.4, -0.2) is 50.7 Å². The minimum Gasteiger partial charge on any atom is -0.380 e. The van der Waals surface area contributed by atoms with Gasteiger partial charge in [0.15, 0.2) is 0 Å². The topological polar surface area (TPSA) is 41.6 Å². The average molecular weight is 214 g/mol. The monoisotopic (exact) mass is 214 g/mol. The smallest absolute Gasteiger partial charge is 0.236 e. The molecule has 0 aromatic heterocycles. The van der Waals surface area contributed by atoms with Crippen molar-refractivity contribution < 1.29 is 9.53 Å². The van der Waals surface area contributed by atoms with E-state index < -0.39 is 0 Å².